The van der Waals surface area contributed by atoms with Gasteiger partial charge in [0.15, 0.2) is 0 Å². The Morgan fingerprint density at radius 3 is 1.50 bits per heavy atom. The Morgan fingerprint density at radius 1 is 0.553 bits per heavy atom. The SMILES string of the molecule is Cc1cc(C(C)(C)C)[c]([Ge]2[C](c3ccccc3)=[C]3C4=[C](c5ccccc5C(CC#N)C4[N-]CC(C)(C)c4cc(C)c(C)c(C)[c]42)[Ge]3([c]2c(C(C)(C)C)cc(C)c(C)c2C)[c]2c(C(C)(C)C)cc(C)c(C)c2C)c(C)c1C. The second-order valence-corrected chi connectivity index (χ2v) is 39.5. The Balaban J connectivity index is 1.78. The second-order valence-electron chi connectivity index (χ2n) is 27.5. The van der Waals surface area contributed by atoms with Crippen LogP contribution < -0.4 is 17.6 Å². The van der Waals surface area contributed by atoms with E-state index < -0.39 is 27.6 Å². The van der Waals surface area contributed by atoms with Crippen LogP contribution in [0.15, 0.2) is 88.8 Å². The van der Waals surface area contributed by atoms with Crippen molar-refractivity contribution in [3.8, 4) is 6.07 Å². The van der Waals surface area contributed by atoms with E-state index in [1.165, 1.54) is 111 Å². The number of nitriles is 1. The zero-order chi connectivity index (χ0) is 55.8. The van der Waals surface area contributed by atoms with Crippen molar-refractivity contribution in [3.63, 3.8) is 0 Å². The van der Waals surface area contributed by atoms with Gasteiger partial charge in [-0.2, -0.15) is 0 Å². The summed E-state index contributed by atoms with van der Waals surface area (Å²) in [6.07, 6.45) is 0.406. The first-order chi connectivity index (χ1) is 35.3. The predicted octanol–water partition coefficient (Wildman–Crippen LogP) is 15.7. The molecule has 1 aliphatic carbocycles. The van der Waals surface area contributed by atoms with Gasteiger partial charge in [-0.05, 0) is 0 Å². The van der Waals surface area contributed by atoms with Crippen LogP contribution in [0.4, 0.5) is 0 Å². The van der Waals surface area contributed by atoms with Crippen LogP contribution in [0.25, 0.3) is 14.1 Å². The van der Waals surface area contributed by atoms with Crippen molar-refractivity contribution in [3.05, 3.63) is 200 Å². The number of benzene rings is 6. The van der Waals surface area contributed by atoms with Gasteiger partial charge in [-0.3, -0.25) is 0 Å². The summed E-state index contributed by atoms with van der Waals surface area (Å²) in [4.78, 5) is 0. The summed E-state index contributed by atoms with van der Waals surface area (Å²) in [6, 6.07) is 34.4. The molecule has 6 aromatic carbocycles. The van der Waals surface area contributed by atoms with Gasteiger partial charge in [0, 0.05) is 0 Å². The summed E-state index contributed by atoms with van der Waals surface area (Å²) in [6.45, 7) is 57.0. The average Bonchev–Trinajstić information content (AvgIpc) is 3.34. The van der Waals surface area contributed by atoms with E-state index in [1.807, 2.05) is 0 Å². The van der Waals surface area contributed by atoms with Gasteiger partial charge in [-0.15, -0.1) is 0 Å². The Bertz CT molecular complexity index is 3430. The molecule has 2 heterocycles. The average molecular weight is 1130 g/mol. The van der Waals surface area contributed by atoms with E-state index in [-0.39, 0.29) is 33.6 Å². The molecule has 0 saturated heterocycles. The maximum atomic E-state index is 11.2. The van der Waals surface area contributed by atoms with E-state index in [2.05, 4.69) is 244 Å². The zero-order valence-corrected chi connectivity index (χ0v) is 55.2. The molecular weight excluding hydrogens is 1040 g/mol. The van der Waals surface area contributed by atoms with Crippen molar-refractivity contribution in [2.45, 2.75) is 199 Å². The molecule has 2 nitrogen and oxygen atoms in total. The molecule has 6 aromatic rings. The van der Waals surface area contributed by atoms with Crippen molar-refractivity contribution in [1.29, 1.82) is 5.26 Å². The van der Waals surface area contributed by atoms with Crippen molar-refractivity contribution < 1.29 is 0 Å². The maximum absolute atomic E-state index is 11.2. The van der Waals surface area contributed by atoms with E-state index >= 15 is 0 Å². The number of hydrogen-bond acceptors (Lipinski definition) is 1. The molecule has 4 heteroatoms. The van der Waals surface area contributed by atoms with Crippen LogP contribution in [0.2, 0.25) is 0 Å². The Morgan fingerprint density at radius 2 is 1.00 bits per heavy atom. The van der Waals surface area contributed by atoms with Gasteiger partial charge in [0.05, 0.1) is 0 Å². The molecule has 0 aromatic heterocycles. The fraction of sp³-hybridized carbons (Fsp3) is 0.431. The normalized spacial score (nSPS) is 18.4. The van der Waals surface area contributed by atoms with E-state index in [0.29, 0.717) is 13.0 Å². The molecule has 9 rings (SSSR count). The molecule has 2 aliphatic heterocycles. The summed E-state index contributed by atoms with van der Waals surface area (Å²) in [5.74, 6) is -0.0913. The van der Waals surface area contributed by atoms with Crippen LogP contribution in [0, 0.1) is 94.4 Å². The molecule has 0 saturated carbocycles. The fourth-order valence-corrected chi connectivity index (χ4v) is 41.0. The van der Waals surface area contributed by atoms with Crippen molar-refractivity contribution >= 4 is 54.0 Å². The molecule has 0 bridgehead atoms. The summed E-state index contributed by atoms with van der Waals surface area (Å²) >= 11 is -7.71. The predicted molar refractivity (Wildman–Crippen MR) is 333 cm³/mol. The fourth-order valence-electron chi connectivity index (χ4n) is 14.2. The summed E-state index contributed by atoms with van der Waals surface area (Å²) < 4.78 is 11.3. The number of rotatable bonds is 5. The van der Waals surface area contributed by atoms with Crippen LogP contribution in [-0.2, 0) is 21.7 Å². The third-order valence-electron chi connectivity index (χ3n) is 19.2. The topological polar surface area (TPSA) is 37.9 Å². The minimum atomic E-state index is -4.52. The Labute approximate surface area is 467 Å². The molecule has 0 N–H and O–H groups in total. The zero-order valence-electron chi connectivity index (χ0n) is 51.0. The van der Waals surface area contributed by atoms with Crippen LogP contribution in [0.5, 0.6) is 0 Å². The van der Waals surface area contributed by atoms with Gasteiger partial charge >= 0.3 is 471 Å². The van der Waals surface area contributed by atoms with E-state index in [1.54, 1.807) is 30.8 Å². The monoisotopic (exact) mass is 1130 g/mol. The van der Waals surface area contributed by atoms with Crippen LogP contribution in [0.1, 0.15) is 194 Å². The molecule has 0 amide bonds. The number of hydrogen-bond donors (Lipinski definition) is 0. The molecule has 1 radical (unpaired) electrons. The van der Waals surface area contributed by atoms with Crippen molar-refractivity contribution in [1.82, 2.24) is 0 Å². The molecular formula is C72H88Ge2N2-. The standard InChI is InChI=1S/C72H88Ge2N2/c1-40-35-56(69(13,14)15)61(48(9)44(40)5)73-62-49(10)45(6)41(2)36-57(62)72(22,23)39-76-68-55(33-34-75)53-31-27-28-32-54(53)66-60(68)67(63(73)52-29-25-24-26-30-52)74(66,64-50(11)46(7)42(3)37-58(64)70(16,17)18)65-51(12)47(8)43(4)38-59(65)71(19,20)21/h24-32,35-38,55,68H,33,39H2,1-23H3/q-1. The quantitative estimate of drug-likeness (QED) is 0.159. The molecule has 395 valence electrons. The van der Waals surface area contributed by atoms with Gasteiger partial charge < -0.3 is 0 Å². The number of fused-ring (bicyclic) bond motifs is 3. The van der Waals surface area contributed by atoms with Crippen molar-refractivity contribution in [2.75, 3.05) is 6.54 Å². The third-order valence-corrected chi connectivity index (χ3v) is 38.5. The summed E-state index contributed by atoms with van der Waals surface area (Å²) in [5, 5.41) is 17.4. The second kappa shape index (κ2) is 19.3. The minimum absolute atomic E-state index is 0.0913. The van der Waals surface area contributed by atoms with Gasteiger partial charge in [0.1, 0.15) is 0 Å². The van der Waals surface area contributed by atoms with E-state index in [4.69, 9.17) is 5.32 Å². The molecule has 0 fully saturated rings. The van der Waals surface area contributed by atoms with Gasteiger partial charge in [-0.25, -0.2) is 0 Å². The van der Waals surface area contributed by atoms with Crippen LogP contribution >= 0.6 is 0 Å². The number of aryl methyl sites for hydroxylation is 4. The molecule has 76 heavy (non-hydrogen) atoms. The van der Waals surface area contributed by atoms with Crippen molar-refractivity contribution in [2.24, 2.45) is 0 Å². The third kappa shape index (κ3) is 8.49. The molecule has 2 unspecified atom stereocenters. The Kier molecular flexibility index (Phi) is 14.2. The first-order valence-corrected chi connectivity index (χ1v) is 35.7. The number of nitrogens with zero attached hydrogens (tertiary/aromatic N) is 2. The van der Waals surface area contributed by atoms with Gasteiger partial charge in [0.25, 0.3) is 0 Å². The first kappa shape index (κ1) is 56.1. The van der Waals surface area contributed by atoms with Gasteiger partial charge in [0.2, 0.25) is 0 Å². The molecule has 0 spiro atoms. The molecule has 2 atom stereocenters. The van der Waals surface area contributed by atoms with Crippen LogP contribution in [-0.4, -0.2) is 40.2 Å². The Hall–Kier alpha value is -4.66. The van der Waals surface area contributed by atoms with Crippen LogP contribution in [0.3, 0.4) is 0 Å². The summed E-state index contributed by atoms with van der Waals surface area (Å²) in [7, 11) is 0. The van der Waals surface area contributed by atoms with E-state index in [9.17, 15) is 5.26 Å². The summed E-state index contributed by atoms with van der Waals surface area (Å²) in [5.41, 5.74) is 27.5. The van der Waals surface area contributed by atoms with Gasteiger partial charge in [-0.1, -0.05) is 0 Å². The van der Waals surface area contributed by atoms with E-state index in [0.717, 1.165) is 0 Å². The first-order valence-electron chi connectivity index (χ1n) is 28.4. The molecule has 3 aliphatic rings.